The van der Waals surface area contributed by atoms with Crippen molar-refractivity contribution in [2.45, 2.75) is 52.8 Å². The van der Waals surface area contributed by atoms with Gasteiger partial charge in [0.05, 0.1) is 25.0 Å². The molecule has 11 nitrogen and oxygen atoms in total. The minimum absolute atomic E-state index is 0.136. The molecule has 1 aromatic rings. The van der Waals surface area contributed by atoms with Gasteiger partial charge in [-0.05, 0) is 20.8 Å². The molecule has 1 atom stereocenters. The number of carbonyl (C=O) groups excluding carboxylic acids is 2. The van der Waals surface area contributed by atoms with Gasteiger partial charge in [0.1, 0.15) is 18.0 Å². The maximum Gasteiger partial charge on any atom is 0.344 e. The highest BCUT2D eigenvalue weighted by molar-refractivity contribution is 5.77. The maximum atomic E-state index is 11.4. The fourth-order valence-corrected chi connectivity index (χ4v) is 2.70. The molecule has 11 heteroatoms. The van der Waals surface area contributed by atoms with Gasteiger partial charge in [-0.2, -0.15) is 10.2 Å². The third-order valence-corrected chi connectivity index (χ3v) is 3.82. The summed E-state index contributed by atoms with van der Waals surface area (Å²) < 4.78 is 6.72. The maximum absolute atomic E-state index is 11.4. The lowest BCUT2D eigenvalue weighted by atomic mass is 10.1. The first-order valence-corrected chi connectivity index (χ1v) is 9.41. The quantitative estimate of drug-likeness (QED) is 0.192. The van der Waals surface area contributed by atoms with Crippen molar-refractivity contribution in [3.05, 3.63) is 17.5 Å². The van der Waals surface area contributed by atoms with Gasteiger partial charge in [-0.25, -0.2) is 9.59 Å². The lowest BCUT2D eigenvalue weighted by molar-refractivity contribution is -0.161. The second-order valence-corrected chi connectivity index (χ2v) is 7.07. The van der Waals surface area contributed by atoms with E-state index in [0.29, 0.717) is 13.1 Å². The van der Waals surface area contributed by atoms with Crippen LogP contribution < -0.4 is 5.48 Å². The minimum atomic E-state index is -0.473. The second kappa shape index (κ2) is 10.8. The average Bonchev–Trinajstić information content (AvgIpc) is 3.14. The number of nitrogens with zero attached hydrogens (tertiary/aromatic N) is 5. The molecule has 164 valence electrons. The predicted octanol–water partition coefficient (Wildman–Crippen LogP) is 1.64. The van der Waals surface area contributed by atoms with Crippen molar-refractivity contribution in [3.8, 4) is 0 Å². The van der Waals surface area contributed by atoms with Crippen LogP contribution in [0.25, 0.3) is 0 Å². The van der Waals surface area contributed by atoms with Crippen LogP contribution >= 0.6 is 0 Å². The Hall–Kier alpha value is -2.66. The number of aromatic nitrogens is 2. The summed E-state index contributed by atoms with van der Waals surface area (Å²) in [6, 6.07) is -0.550. The largest absolute Gasteiger partial charge is 0.458 e. The van der Waals surface area contributed by atoms with E-state index in [1.807, 2.05) is 20.9 Å². The van der Waals surface area contributed by atoms with Crippen molar-refractivity contribution in [2.75, 3.05) is 20.2 Å². The molecule has 1 unspecified atom stereocenters. The van der Waals surface area contributed by atoms with Gasteiger partial charge in [0.15, 0.2) is 6.61 Å². The van der Waals surface area contributed by atoms with E-state index in [2.05, 4.69) is 15.6 Å². The lowest BCUT2D eigenvalue weighted by Crippen LogP contribution is -2.29. The summed E-state index contributed by atoms with van der Waals surface area (Å²) in [6.45, 7) is 10.4. The molecule has 0 saturated carbocycles. The van der Waals surface area contributed by atoms with Crippen LogP contribution in [-0.4, -0.2) is 69.1 Å². The molecule has 1 fully saturated rings. The van der Waals surface area contributed by atoms with Crippen LogP contribution in [0.2, 0.25) is 0 Å². The Kier molecular flexibility index (Phi) is 9.05. The van der Waals surface area contributed by atoms with E-state index in [-0.39, 0.29) is 18.7 Å². The molecule has 2 bridgehead atoms. The van der Waals surface area contributed by atoms with Crippen molar-refractivity contribution < 1.29 is 24.4 Å². The first-order chi connectivity index (χ1) is 13.6. The van der Waals surface area contributed by atoms with E-state index in [9.17, 15) is 14.8 Å². The number of urea groups is 1. The van der Waals surface area contributed by atoms with Gasteiger partial charge in [0.25, 0.3) is 0 Å². The molecular formula is C18H32N6O5. The number of ether oxygens (including phenoxy) is 1. The Labute approximate surface area is 171 Å². The zero-order valence-electron chi connectivity index (χ0n) is 18.2. The average molecular weight is 412 g/mol. The second-order valence-electron chi connectivity index (χ2n) is 7.07. The number of fused-ring (bicyclic) bond motifs is 4. The summed E-state index contributed by atoms with van der Waals surface area (Å²) >= 11 is 0. The summed E-state index contributed by atoms with van der Waals surface area (Å²) in [4.78, 5) is 32.3. The molecule has 0 radical (unpaired) electrons. The van der Waals surface area contributed by atoms with E-state index in [1.54, 1.807) is 43.6 Å². The van der Waals surface area contributed by atoms with Gasteiger partial charge in [-0.1, -0.05) is 13.8 Å². The fourth-order valence-electron chi connectivity index (χ4n) is 2.70. The monoisotopic (exact) mass is 412 g/mol. The molecule has 0 aromatic carbocycles. The normalized spacial score (nSPS) is 17.2. The van der Waals surface area contributed by atoms with Crippen molar-refractivity contribution in [2.24, 2.45) is 12.0 Å². The van der Waals surface area contributed by atoms with Crippen molar-refractivity contribution in [3.63, 3.8) is 0 Å². The first-order valence-electron chi connectivity index (χ1n) is 9.41. The Balaban J connectivity index is 0.000000269. The van der Waals surface area contributed by atoms with Crippen LogP contribution in [0.5, 0.6) is 0 Å². The molecule has 3 heterocycles. The number of hydrogen-bond acceptors (Lipinski definition) is 7. The molecule has 1 saturated heterocycles. The summed E-state index contributed by atoms with van der Waals surface area (Å²) in [5.74, 6) is -0.412. The Morgan fingerprint density at radius 2 is 2.10 bits per heavy atom. The fraction of sp³-hybridized carbons (Fsp3) is 0.667. The Bertz CT molecular complexity index is 712. The van der Waals surface area contributed by atoms with Crippen LogP contribution in [0, 0.1) is 0 Å². The molecular weight excluding hydrogens is 380 g/mol. The molecule has 2 aliphatic heterocycles. The molecule has 3 rings (SSSR count). The summed E-state index contributed by atoms with van der Waals surface area (Å²) in [6.07, 6.45) is 3.06. The lowest BCUT2D eigenvalue weighted by Gasteiger charge is -2.20. The van der Waals surface area contributed by atoms with E-state index < -0.39 is 11.6 Å². The van der Waals surface area contributed by atoms with Crippen LogP contribution in [0.3, 0.4) is 0 Å². The SMILES string of the molecule is CC.CN=CNOCC(=O)OC(C)(C)C.Cn1ncc2c1CN1CC2N(O)C1=O. The number of aliphatic imine (C=N–C) groups is 1. The van der Waals surface area contributed by atoms with E-state index in [1.165, 1.54) is 6.34 Å². The number of hydrogen-bond donors (Lipinski definition) is 2. The van der Waals surface area contributed by atoms with Crippen LogP contribution in [0.1, 0.15) is 51.9 Å². The number of nitrogens with one attached hydrogen (secondary N) is 1. The zero-order chi connectivity index (χ0) is 22.2. The van der Waals surface area contributed by atoms with Crippen molar-refractivity contribution in [1.29, 1.82) is 0 Å². The highest BCUT2D eigenvalue weighted by Crippen LogP contribution is 2.35. The van der Waals surface area contributed by atoms with Gasteiger partial charge in [0.2, 0.25) is 0 Å². The van der Waals surface area contributed by atoms with Gasteiger partial charge < -0.3 is 9.64 Å². The summed E-state index contributed by atoms with van der Waals surface area (Å²) in [7, 11) is 3.43. The topological polar surface area (TPSA) is 122 Å². The highest BCUT2D eigenvalue weighted by atomic mass is 16.7. The van der Waals surface area contributed by atoms with Crippen molar-refractivity contribution >= 4 is 18.3 Å². The van der Waals surface area contributed by atoms with Crippen LogP contribution in [-0.2, 0) is 28.0 Å². The van der Waals surface area contributed by atoms with Gasteiger partial charge in [0, 0.05) is 19.7 Å². The van der Waals surface area contributed by atoms with Crippen molar-refractivity contribution in [1.82, 2.24) is 25.2 Å². The first kappa shape index (κ1) is 24.4. The summed E-state index contributed by atoms with van der Waals surface area (Å²) in [5, 5.41) is 14.4. The number of aryl methyl sites for hydroxylation is 1. The van der Waals surface area contributed by atoms with E-state index in [0.717, 1.165) is 16.3 Å². The van der Waals surface area contributed by atoms with Crippen LogP contribution in [0.15, 0.2) is 11.2 Å². The smallest absolute Gasteiger partial charge is 0.344 e. The van der Waals surface area contributed by atoms with Gasteiger partial charge >= 0.3 is 12.0 Å². The van der Waals surface area contributed by atoms with E-state index >= 15 is 0 Å². The number of hydroxylamine groups is 3. The standard InChI is InChI=1S/C8H10N4O2.C8H16N2O3.C2H6/c1-10-6-3-11-4-7(5(6)2-9-10)12(14)8(11)13;1-8(2,3)13-7(11)5-12-10-6-9-4;1-2/h2,7,14H,3-4H2,1H3;6H,5H2,1-4H3,(H,9,10);1-2H3. The molecule has 2 aliphatic rings. The summed E-state index contributed by atoms with van der Waals surface area (Å²) in [5.41, 5.74) is 3.85. The van der Waals surface area contributed by atoms with E-state index in [4.69, 9.17) is 9.57 Å². The third kappa shape index (κ3) is 6.71. The number of amides is 2. The molecule has 0 aliphatic carbocycles. The molecule has 0 spiro atoms. The Morgan fingerprint density at radius 1 is 1.45 bits per heavy atom. The minimum Gasteiger partial charge on any atom is -0.458 e. The third-order valence-electron chi connectivity index (χ3n) is 3.82. The number of carbonyl (C=O) groups is 2. The van der Waals surface area contributed by atoms with Gasteiger partial charge in [-0.3, -0.25) is 25.2 Å². The molecule has 1 aromatic heterocycles. The Morgan fingerprint density at radius 3 is 2.69 bits per heavy atom. The predicted molar refractivity (Wildman–Crippen MR) is 106 cm³/mol. The highest BCUT2D eigenvalue weighted by Gasteiger charge is 2.43. The molecule has 2 N–H and O–H groups in total. The van der Waals surface area contributed by atoms with Gasteiger partial charge in [-0.15, -0.1) is 0 Å². The number of rotatable bonds is 4. The van der Waals surface area contributed by atoms with Crippen LogP contribution in [0.4, 0.5) is 4.79 Å². The molecule has 2 amide bonds. The zero-order valence-corrected chi connectivity index (χ0v) is 18.2. The molecule has 29 heavy (non-hydrogen) atoms. The number of esters is 1.